The second-order valence-corrected chi connectivity index (χ2v) is 6.23. The zero-order chi connectivity index (χ0) is 17.2. The Hall–Kier alpha value is -2.53. The third-order valence-corrected chi connectivity index (χ3v) is 4.33. The number of hydrogen-bond donors (Lipinski definition) is 0. The van der Waals surface area contributed by atoms with E-state index in [4.69, 9.17) is 18.6 Å². The fourth-order valence-electron chi connectivity index (χ4n) is 2.86. The SMILES string of the molecule is CCCCOc1ccc2c(c1)oc(=O)c1cc(OC3COC3)ccc12. The Kier molecular flexibility index (Phi) is 4.32. The first-order chi connectivity index (χ1) is 12.2. The van der Waals surface area contributed by atoms with Crippen molar-refractivity contribution < 1.29 is 18.6 Å². The highest BCUT2D eigenvalue weighted by Gasteiger charge is 2.20. The Morgan fingerprint density at radius 1 is 1.04 bits per heavy atom. The molecule has 5 heteroatoms. The molecule has 0 N–H and O–H groups in total. The quantitative estimate of drug-likeness (QED) is 0.387. The van der Waals surface area contributed by atoms with Gasteiger partial charge >= 0.3 is 5.63 Å². The molecule has 2 aromatic carbocycles. The maximum atomic E-state index is 12.4. The Bertz CT molecular complexity index is 955. The van der Waals surface area contributed by atoms with Crippen molar-refractivity contribution in [1.29, 1.82) is 0 Å². The smallest absolute Gasteiger partial charge is 0.344 e. The summed E-state index contributed by atoms with van der Waals surface area (Å²) >= 11 is 0. The Morgan fingerprint density at radius 3 is 2.60 bits per heavy atom. The van der Waals surface area contributed by atoms with E-state index in [1.165, 1.54) is 0 Å². The van der Waals surface area contributed by atoms with Gasteiger partial charge in [-0.15, -0.1) is 0 Å². The first-order valence-corrected chi connectivity index (χ1v) is 8.62. The lowest BCUT2D eigenvalue weighted by atomic mass is 10.1. The highest BCUT2D eigenvalue weighted by molar-refractivity contribution is 6.04. The molecular formula is C20H20O5. The third-order valence-electron chi connectivity index (χ3n) is 4.33. The largest absolute Gasteiger partial charge is 0.493 e. The van der Waals surface area contributed by atoms with E-state index in [9.17, 15) is 4.79 Å². The Morgan fingerprint density at radius 2 is 1.84 bits per heavy atom. The molecule has 1 aromatic heterocycles. The fraction of sp³-hybridized carbons (Fsp3) is 0.350. The molecule has 1 aliphatic heterocycles. The number of fused-ring (bicyclic) bond motifs is 3. The molecule has 4 rings (SSSR count). The predicted octanol–water partition coefficient (Wildman–Crippen LogP) is 3.90. The van der Waals surface area contributed by atoms with Crippen molar-refractivity contribution in [1.82, 2.24) is 0 Å². The number of benzene rings is 2. The molecule has 1 fully saturated rings. The summed E-state index contributed by atoms with van der Waals surface area (Å²) in [7, 11) is 0. The van der Waals surface area contributed by atoms with Crippen LogP contribution in [0.5, 0.6) is 11.5 Å². The maximum Gasteiger partial charge on any atom is 0.344 e. The third kappa shape index (κ3) is 3.20. The normalized spacial score (nSPS) is 14.6. The van der Waals surface area contributed by atoms with Gasteiger partial charge in [-0.25, -0.2) is 4.79 Å². The van der Waals surface area contributed by atoms with E-state index in [-0.39, 0.29) is 11.7 Å². The van der Waals surface area contributed by atoms with Crippen molar-refractivity contribution in [3.05, 3.63) is 46.8 Å². The minimum atomic E-state index is -0.372. The average Bonchev–Trinajstić information content (AvgIpc) is 2.58. The lowest BCUT2D eigenvalue weighted by Crippen LogP contribution is -2.38. The molecule has 0 radical (unpaired) electrons. The first-order valence-electron chi connectivity index (χ1n) is 8.62. The molecule has 0 atom stereocenters. The molecule has 0 aliphatic carbocycles. The van der Waals surface area contributed by atoms with Gasteiger partial charge in [-0.1, -0.05) is 13.3 Å². The second-order valence-electron chi connectivity index (χ2n) is 6.23. The van der Waals surface area contributed by atoms with Crippen LogP contribution in [0.3, 0.4) is 0 Å². The molecule has 3 aromatic rings. The minimum Gasteiger partial charge on any atom is -0.493 e. The van der Waals surface area contributed by atoms with Crippen molar-refractivity contribution in [2.24, 2.45) is 0 Å². The molecule has 5 nitrogen and oxygen atoms in total. The summed E-state index contributed by atoms with van der Waals surface area (Å²) in [6.07, 6.45) is 2.13. The van der Waals surface area contributed by atoms with Gasteiger partial charge in [-0.3, -0.25) is 0 Å². The average molecular weight is 340 g/mol. The molecule has 0 unspecified atom stereocenters. The fourth-order valence-corrected chi connectivity index (χ4v) is 2.86. The van der Waals surface area contributed by atoms with Crippen LogP contribution in [0.2, 0.25) is 0 Å². The summed E-state index contributed by atoms with van der Waals surface area (Å²) in [6.45, 7) is 3.95. The highest BCUT2D eigenvalue weighted by Crippen LogP contribution is 2.29. The second kappa shape index (κ2) is 6.76. The molecule has 0 bridgehead atoms. The van der Waals surface area contributed by atoms with Gasteiger partial charge in [0.1, 0.15) is 23.2 Å². The van der Waals surface area contributed by atoms with E-state index >= 15 is 0 Å². The van der Waals surface area contributed by atoms with Crippen LogP contribution in [0.15, 0.2) is 45.6 Å². The van der Waals surface area contributed by atoms with Crippen LogP contribution < -0.4 is 15.1 Å². The summed E-state index contributed by atoms with van der Waals surface area (Å²) in [5.74, 6) is 1.38. The van der Waals surface area contributed by atoms with E-state index in [2.05, 4.69) is 6.92 Å². The molecule has 25 heavy (non-hydrogen) atoms. The van der Waals surface area contributed by atoms with Crippen LogP contribution in [0.4, 0.5) is 0 Å². The molecule has 0 spiro atoms. The van der Waals surface area contributed by atoms with Gasteiger partial charge < -0.3 is 18.6 Å². The molecule has 0 amide bonds. The van der Waals surface area contributed by atoms with E-state index in [1.54, 1.807) is 12.1 Å². The number of rotatable bonds is 6. The lowest BCUT2D eigenvalue weighted by Gasteiger charge is -2.26. The maximum absolute atomic E-state index is 12.4. The zero-order valence-corrected chi connectivity index (χ0v) is 14.1. The van der Waals surface area contributed by atoms with E-state index in [0.29, 0.717) is 42.3 Å². The van der Waals surface area contributed by atoms with Crippen LogP contribution in [-0.2, 0) is 4.74 Å². The van der Waals surface area contributed by atoms with Crippen molar-refractivity contribution in [3.63, 3.8) is 0 Å². The first kappa shape index (κ1) is 16.0. The molecule has 130 valence electrons. The monoisotopic (exact) mass is 340 g/mol. The van der Waals surface area contributed by atoms with Gasteiger partial charge in [-0.2, -0.15) is 0 Å². The number of ether oxygens (including phenoxy) is 3. The summed E-state index contributed by atoms with van der Waals surface area (Å²) < 4.78 is 22.1. The van der Waals surface area contributed by atoms with E-state index < -0.39 is 0 Å². The zero-order valence-electron chi connectivity index (χ0n) is 14.1. The van der Waals surface area contributed by atoms with Crippen LogP contribution in [0.25, 0.3) is 21.7 Å². The summed E-state index contributed by atoms with van der Waals surface area (Å²) in [4.78, 5) is 12.4. The molecular weight excluding hydrogens is 320 g/mol. The van der Waals surface area contributed by atoms with E-state index in [1.807, 2.05) is 24.3 Å². The van der Waals surface area contributed by atoms with E-state index in [0.717, 1.165) is 23.6 Å². The van der Waals surface area contributed by atoms with Gasteiger partial charge in [0.2, 0.25) is 0 Å². The van der Waals surface area contributed by atoms with Crippen molar-refractivity contribution >= 4 is 21.7 Å². The summed E-state index contributed by atoms with van der Waals surface area (Å²) in [6, 6.07) is 11.1. The number of unbranched alkanes of at least 4 members (excludes halogenated alkanes) is 1. The Labute approximate surface area is 145 Å². The van der Waals surface area contributed by atoms with Crippen LogP contribution in [0.1, 0.15) is 19.8 Å². The van der Waals surface area contributed by atoms with Crippen molar-refractivity contribution in [2.45, 2.75) is 25.9 Å². The van der Waals surface area contributed by atoms with Gasteiger partial charge in [0.05, 0.1) is 25.2 Å². The van der Waals surface area contributed by atoms with Crippen LogP contribution in [-0.4, -0.2) is 25.9 Å². The summed E-state index contributed by atoms with van der Waals surface area (Å²) in [5, 5.41) is 2.25. The standard InChI is InChI=1S/C20H20O5/c1-2-3-8-23-13-4-7-17-16-6-5-14(24-15-11-22-12-15)9-18(16)20(21)25-19(17)10-13/h4-7,9-10,15H,2-3,8,11-12H2,1H3. The van der Waals surface area contributed by atoms with Crippen molar-refractivity contribution in [2.75, 3.05) is 19.8 Å². The van der Waals surface area contributed by atoms with Crippen LogP contribution in [0, 0.1) is 0 Å². The number of hydrogen-bond acceptors (Lipinski definition) is 5. The predicted molar refractivity (Wildman–Crippen MR) is 95.6 cm³/mol. The van der Waals surface area contributed by atoms with Crippen molar-refractivity contribution in [3.8, 4) is 11.5 Å². The Balaban J connectivity index is 1.71. The minimum absolute atomic E-state index is 0.0628. The summed E-state index contributed by atoms with van der Waals surface area (Å²) in [5.41, 5.74) is 0.163. The van der Waals surface area contributed by atoms with Gasteiger partial charge in [-0.05, 0) is 36.8 Å². The molecule has 0 saturated carbocycles. The lowest BCUT2D eigenvalue weighted by molar-refractivity contribution is -0.0796. The van der Waals surface area contributed by atoms with Gasteiger partial charge in [0.25, 0.3) is 0 Å². The van der Waals surface area contributed by atoms with Gasteiger partial charge in [0.15, 0.2) is 0 Å². The molecule has 1 aliphatic rings. The molecule has 1 saturated heterocycles. The topological polar surface area (TPSA) is 57.9 Å². The van der Waals surface area contributed by atoms with Gasteiger partial charge in [0, 0.05) is 16.8 Å². The molecule has 2 heterocycles. The van der Waals surface area contributed by atoms with Crippen LogP contribution >= 0.6 is 0 Å². The highest BCUT2D eigenvalue weighted by atomic mass is 16.6.